The van der Waals surface area contributed by atoms with Crippen LogP contribution in [0.25, 0.3) is 0 Å². The van der Waals surface area contributed by atoms with Crippen molar-refractivity contribution in [3.8, 4) is 0 Å². The Kier molecular flexibility index (Phi) is 2.26. The van der Waals surface area contributed by atoms with Crippen molar-refractivity contribution >= 4 is 5.97 Å². The molecule has 0 aromatic rings. The van der Waals surface area contributed by atoms with Crippen LogP contribution in [-0.4, -0.2) is 12.1 Å². The van der Waals surface area contributed by atoms with Crippen LogP contribution in [0.4, 0.5) is 0 Å². The van der Waals surface area contributed by atoms with Gasteiger partial charge in [-0.3, -0.25) is 0 Å². The molecule has 0 radical (unpaired) electrons. The topological polar surface area (TPSA) is 26.3 Å². The van der Waals surface area contributed by atoms with Crippen molar-refractivity contribution in [2.45, 2.75) is 45.6 Å². The Morgan fingerprint density at radius 2 is 2.24 bits per heavy atom. The molecular weight excluding hydrogens is 212 g/mol. The molecular formula is C15H20O2. The van der Waals surface area contributed by atoms with Crippen LogP contribution < -0.4 is 0 Å². The van der Waals surface area contributed by atoms with Gasteiger partial charge in [-0.15, -0.1) is 0 Å². The molecule has 1 heterocycles. The van der Waals surface area contributed by atoms with Gasteiger partial charge >= 0.3 is 5.97 Å². The molecule has 2 fully saturated rings. The van der Waals surface area contributed by atoms with Gasteiger partial charge in [0.2, 0.25) is 0 Å². The van der Waals surface area contributed by atoms with Crippen molar-refractivity contribution in [3.63, 3.8) is 0 Å². The predicted molar refractivity (Wildman–Crippen MR) is 66.3 cm³/mol. The Bertz CT molecular complexity index is 421. The van der Waals surface area contributed by atoms with E-state index < -0.39 is 0 Å². The molecule has 0 bridgehead atoms. The number of carbonyl (C=O) groups is 1. The fraction of sp³-hybridized carbons (Fsp3) is 0.667. The van der Waals surface area contributed by atoms with Gasteiger partial charge in [-0.05, 0) is 31.6 Å². The van der Waals surface area contributed by atoms with Crippen molar-refractivity contribution in [2.75, 3.05) is 0 Å². The maximum atomic E-state index is 11.7. The zero-order chi connectivity index (χ0) is 12.2. The van der Waals surface area contributed by atoms with Gasteiger partial charge in [0.15, 0.2) is 0 Å². The summed E-state index contributed by atoms with van der Waals surface area (Å²) in [4.78, 5) is 11.7. The first-order valence-electron chi connectivity index (χ1n) is 6.64. The molecule has 0 aromatic heterocycles. The first kappa shape index (κ1) is 11.1. The van der Waals surface area contributed by atoms with Crippen LogP contribution in [0.2, 0.25) is 0 Å². The Morgan fingerprint density at radius 3 is 3.00 bits per heavy atom. The fourth-order valence-corrected chi connectivity index (χ4v) is 3.96. The van der Waals surface area contributed by atoms with E-state index in [2.05, 4.69) is 26.5 Å². The van der Waals surface area contributed by atoms with Gasteiger partial charge in [-0.2, -0.15) is 0 Å². The van der Waals surface area contributed by atoms with Crippen LogP contribution in [0.1, 0.15) is 39.5 Å². The monoisotopic (exact) mass is 232 g/mol. The highest BCUT2D eigenvalue weighted by Gasteiger charge is 2.55. The Hall–Kier alpha value is -1.05. The van der Waals surface area contributed by atoms with Gasteiger partial charge in [-0.1, -0.05) is 32.1 Å². The third-order valence-electron chi connectivity index (χ3n) is 5.33. The number of esters is 1. The third-order valence-corrected chi connectivity index (χ3v) is 5.33. The van der Waals surface area contributed by atoms with E-state index >= 15 is 0 Å². The number of ether oxygens (including phenoxy) is 1. The summed E-state index contributed by atoms with van der Waals surface area (Å²) in [5, 5.41) is 0. The first-order chi connectivity index (χ1) is 8.05. The molecule has 0 amide bonds. The molecule has 1 aliphatic heterocycles. The van der Waals surface area contributed by atoms with E-state index in [-0.39, 0.29) is 23.4 Å². The number of hydrogen-bond donors (Lipinski definition) is 0. The summed E-state index contributed by atoms with van der Waals surface area (Å²) in [6.07, 6.45) is 6.94. The first-order valence-corrected chi connectivity index (χ1v) is 6.64. The van der Waals surface area contributed by atoms with E-state index in [9.17, 15) is 4.79 Å². The fourth-order valence-electron chi connectivity index (χ4n) is 3.96. The molecule has 2 aliphatic carbocycles. The second kappa shape index (κ2) is 3.47. The Morgan fingerprint density at radius 1 is 1.47 bits per heavy atom. The quantitative estimate of drug-likeness (QED) is 0.364. The number of carbonyl (C=O) groups excluding carboxylic acids is 1. The second-order valence-electron chi connectivity index (χ2n) is 5.99. The highest BCUT2D eigenvalue weighted by Crippen LogP contribution is 2.56. The summed E-state index contributed by atoms with van der Waals surface area (Å²) in [5.74, 6) is 0.680. The normalized spacial score (nSPS) is 44.8. The third kappa shape index (κ3) is 1.30. The zero-order valence-electron chi connectivity index (χ0n) is 10.7. The summed E-state index contributed by atoms with van der Waals surface area (Å²) in [6, 6.07) is 0. The van der Waals surface area contributed by atoms with Crippen molar-refractivity contribution in [3.05, 3.63) is 23.8 Å². The Balaban J connectivity index is 2.05. The van der Waals surface area contributed by atoms with Crippen molar-refractivity contribution in [2.24, 2.45) is 17.3 Å². The molecule has 0 N–H and O–H groups in total. The lowest BCUT2D eigenvalue weighted by atomic mass is 9.56. The lowest BCUT2D eigenvalue weighted by Crippen LogP contribution is -2.47. The van der Waals surface area contributed by atoms with Crippen LogP contribution in [0.15, 0.2) is 23.8 Å². The van der Waals surface area contributed by atoms with Gasteiger partial charge in [0, 0.05) is 16.9 Å². The number of rotatable bonds is 0. The molecule has 2 heteroatoms. The van der Waals surface area contributed by atoms with E-state index in [1.165, 1.54) is 18.4 Å². The maximum Gasteiger partial charge on any atom is 0.334 e. The van der Waals surface area contributed by atoms with Gasteiger partial charge in [0.05, 0.1) is 0 Å². The predicted octanol–water partition coefficient (Wildman–Crippen LogP) is 3.24. The summed E-state index contributed by atoms with van der Waals surface area (Å²) >= 11 is 0. The molecule has 3 rings (SSSR count). The maximum absolute atomic E-state index is 11.7. The van der Waals surface area contributed by atoms with Crippen LogP contribution in [0.3, 0.4) is 0 Å². The minimum Gasteiger partial charge on any atom is -0.457 e. The molecule has 0 unspecified atom stereocenters. The van der Waals surface area contributed by atoms with Crippen LogP contribution >= 0.6 is 0 Å². The molecule has 1 saturated heterocycles. The van der Waals surface area contributed by atoms with Crippen LogP contribution in [-0.2, 0) is 9.53 Å². The summed E-state index contributed by atoms with van der Waals surface area (Å²) < 4.78 is 5.64. The summed E-state index contributed by atoms with van der Waals surface area (Å²) in [6.45, 7) is 8.50. The van der Waals surface area contributed by atoms with E-state index in [1.807, 2.05) is 0 Å². The molecule has 1 saturated carbocycles. The number of fused-ring (bicyclic) bond motifs is 3. The van der Waals surface area contributed by atoms with Crippen molar-refractivity contribution in [1.29, 1.82) is 0 Å². The minimum absolute atomic E-state index is 0.0396. The lowest BCUT2D eigenvalue weighted by Gasteiger charge is -2.49. The number of allylic oxidation sites excluding steroid dienone is 1. The largest absolute Gasteiger partial charge is 0.457 e. The molecule has 3 aliphatic rings. The summed E-state index contributed by atoms with van der Waals surface area (Å²) in [7, 11) is 0. The van der Waals surface area contributed by atoms with E-state index in [0.717, 1.165) is 12.8 Å². The van der Waals surface area contributed by atoms with Crippen molar-refractivity contribution < 1.29 is 9.53 Å². The molecule has 0 spiro atoms. The smallest absolute Gasteiger partial charge is 0.334 e. The Labute approximate surface area is 103 Å². The van der Waals surface area contributed by atoms with Gasteiger partial charge < -0.3 is 4.74 Å². The second-order valence-corrected chi connectivity index (χ2v) is 5.99. The van der Waals surface area contributed by atoms with E-state index in [1.54, 1.807) is 0 Å². The minimum atomic E-state index is -0.166. The van der Waals surface area contributed by atoms with Gasteiger partial charge in [0.25, 0.3) is 0 Å². The van der Waals surface area contributed by atoms with E-state index in [4.69, 9.17) is 4.74 Å². The lowest BCUT2D eigenvalue weighted by molar-refractivity contribution is -0.146. The average Bonchev–Trinajstić information content (AvgIpc) is 2.59. The number of hydrogen-bond acceptors (Lipinski definition) is 2. The molecule has 2 nitrogen and oxygen atoms in total. The molecule has 92 valence electrons. The van der Waals surface area contributed by atoms with Gasteiger partial charge in [-0.25, -0.2) is 4.79 Å². The van der Waals surface area contributed by atoms with Crippen LogP contribution in [0.5, 0.6) is 0 Å². The average molecular weight is 232 g/mol. The molecule has 4 atom stereocenters. The van der Waals surface area contributed by atoms with Crippen molar-refractivity contribution in [1.82, 2.24) is 0 Å². The zero-order valence-corrected chi connectivity index (χ0v) is 10.7. The van der Waals surface area contributed by atoms with E-state index in [0.29, 0.717) is 11.5 Å². The van der Waals surface area contributed by atoms with Gasteiger partial charge in [0.1, 0.15) is 6.10 Å². The molecule has 17 heavy (non-hydrogen) atoms. The highest BCUT2D eigenvalue weighted by atomic mass is 16.6. The highest BCUT2D eigenvalue weighted by molar-refractivity contribution is 5.91. The standard InChI is InChI=1S/C15H20O2/c1-9-5-4-6-11-7-8-12-10(2)14(16)17-13(12)15(9,11)3/h6,9,12-13H,2,4-5,7-8H2,1,3H3/t9-,12+,13-,15-/m0/s1. The molecule has 0 aromatic carbocycles. The summed E-state index contributed by atoms with van der Waals surface area (Å²) in [5.41, 5.74) is 2.27. The SMILES string of the molecule is C=C1C(=O)O[C@H]2[C@@H]1CCC1=CCC[C@H](C)[C@@]12C. The van der Waals surface area contributed by atoms with Crippen LogP contribution in [0, 0.1) is 17.3 Å².